The summed E-state index contributed by atoms with van der Waals surface area (Å²) in [7, 11) is 2.18. The number of aromatic nitrogens is 1. The Morgan fingerprint density at radius 1 is 1.13 bits per heavy atom. The standard InChI is InChI=1S/C22H41N7.HI/c1-7-23-22(25-11-12-29(18(2)3)19(4)5)26-17-20-9-8-10-24-21(20)28-15-13-27(6)14-16-28;/h8-10,18-19H,7,11-17H2,1-6H3,(H2,23,25,26);1H. The van der Waals surface area contributed by atoms with Gasteiger partial charge in [0.15, 0.2) is 5.96 Å². The van der Waals surface area contributed by atoms with Crippen LogP contribution in [0.4, 0.5) is 5.82 Å². The van der Waals surface area contributed by atoms with E-state index >= 15 is 0 Å². The average Bonchev–Trinajstić information content (AvgIpc) is 2.69. The number of rotatable bonds is 9. The van der Waals surface area contributed by atoms with Gasteiger partial charge in [0.2, 0.25) is 0 Å². The molecular formula is C22H42IN7. The van der Waals surface area contributed by atoms with Crippen LogP contribution in [0.1, 0.15) is 40.2 Å². The first kappa shape index (κ1) is 26.9. The molecule has 8 heteroatoms. The third kappa shape index (κ3) is 8.55. The van der Waals surface area contributed by atoms with Crippen LogP contribution in [0.2, 0.25) is 0 Å². The molecular weight excluding hydrogens is 489 g/mol. The van der Waals surface area contributed by atoms with Crippen LogP contribution < -0.4 is 15.5 Å². The van der Waals surface area contributed by atoms with Crippen molar-refractivity contribution in [1.29, 1.82) is 0 Å². The highest BCUT2D eigenvalue weighted by Gasteiger charge is 2.18. The summed E-state index contributed by atoms with van der Waals surface area (Å²) in [6.07, 6.45) is 1.89. The van der Waals surface area contributed by atoms with E-state index in [4.69, 9.17) is 4.99 Å². The Balaban J connectivity index is 0.00000450. The molecule has 2 heterocycles. The number of likely N-dealkylation sites (N-methyl/N-ethyl adjacent to an activating group) is 1. The van der Waals surface area contributed by atoms with Crippen LogP contribution in [0.15, 0.2) is 23.3 Å². The lowest BCUT2D eigenvalue weighted by molar-refractivity contribution is 0.178. The summed E-state index contributed by atoms with van der Waals surface area (Å²) in [5, 5.41) is 6.86. The van der Waals surface area contributed by atoms with Gasteiger partial charge in [0, 0.05) is 69.7 Å². The maximum Gasteiger partial charge on any atom is 0.191 e. The van der Waals surface area contributed by atoms with Crippen molar-refractivity contribution in [3.8, 4) is 0 Å². The Morgan fingerprint density at radius 2 is 1.80 bits per heavy atom. The number of guanidine groups is 1. The number of aliphatic imine (C=N–C) groups is 1. The molecule has 0 amide bonds. The fraction of sp³-hybridized carbons (Fsp3) is 0.727. The van der Waals surface area contributed by atoms with Crippen LogP contribution in [-0.4, -0.2) is 85.7 Å². The van der Waals surface area contributed by atoms with Crippen molar-refractivity contribution in [3.63, 3.8) is 0 Å². The Kier molecular flexibility index (Phi) is 12.6. The summed E-state index contributed by atoms with van der Waals surface area (Å²) in [6, 6.07) is 5.23. The lowest BCUT2D eigenvalue weighted by atomic mass is 10.2. The molecule has 30 heavy (non-hydrogen) atoms. The lowest BCUT2D eigenvalue weighted by Crippen LogP contribution is -2.45. The zero-order valence-corrected chi connectivity index (χ0v) is 22.0. The van der Waals surface area contributed by atoms with Gasteiger partial charge >= 0.3 is 0 Å². The monoisotopic (exact) mass is 531 g/mol. The van der Waals surface area contributed by atoms with Crippen molar-refractivity contribution in [2.75, 3.05) is 57.8 Å². The van der Waals surface area contributed by atoms with Crippen molar-refractivity contribution in [3.05, 3.63) is 23.9 Å². The highest BCUT2D eigenvalue weighted by molar-refractivity contribution is 14.0. The van der Waals surface area contributed by atoms with E-state index in [9.17, 15) is 0 Å². The van der Waals surface area contributed by atoms with Gasteiger partial charge in [-0.3, -0.25) is 4.90 Å². The molecule has 0 bridgehead atoms. The molecule has 1 aliphatic rings. The van der Waals surface area contributed by atoms with E-state index in [1.807, 2.05) is 12.3 Å². The minimum atomic E-state index is 0. The van der Waals surface area contributed by atoms with Crippen molar-refractivity contribution in [2.24, 2.45) is 4.99 Å². The Labute approximate surface area is 200 Å². The summed E-state index contributed by atoms with van der Waals surface area (Å²) in [6.45, 7) is 18.6. The second-order valence-electron chi connectivity index (χ2n) is 8.32. The number of halogens is 1. The third-order valence-corrected chi connectivity index (χ3v) is 5.41. The van der Waals surface area contributed by atoms with Crippen LogP contribution in [0, 0.1) is 0 Å². The Morgan fingerprint density at radius 3 is 2.40 bits per heavy atom. The van der Waals surface area contributed by atoms with Gasteiger partial charge in [-0.05, 0) is 47.7 Å². The molecule has 2 N–H and O–H groups in total. The summed E-state index contributed by atoms with van der Waals surface area (Å²) in [5.41, 5.74) is 1.18. The largest absolute Gasteiger partial charge is 0.357 e. The molecule has 0 aliphatic carbocycles. The van der Waals surface area contributed by atoms with Crippen molar-refractivity contribution >= 4 is 35.8 Å². The normalized spacial score (nSPS) is 15.6. The molecule has 1 fully saturated rings. The average molecular weight is 532 g/mol. The number of anilines is 1. The minimum Gasteiger partial charge on any atom is -0.357 e. The number of nitrogens with one attached hydrogen (secondary N) is 2. The lowest BCUT2D eigenvalue weighted by Gasteiger charge is -2.34. The molecule has 0 atom stereocenters. The molecule has 7 nitrogen and oxygen atoms in total. The Bertz CT molecular complexity index is 620. The molecule has 2 rings (SSSR count). The van der Waals surface area contributed by atoms with E-state index in [-0.39, 0.29) is 24.0 Å². The van der Waals surface area contributed by atoms with Gasteiger partial charge in [-0.2, -0.15) is 0 Å². The summed E-state index contributed by atoms with van der Waals surface area (Å²) < 4.78 is 0. The number of piperazine rings is 1. The first-order chi connectivity index (χ1) is 13.9. The summed E-state index contributed by atoms with van der Waals surface area (Å²) >= 11 is 0. The number of hydrogen-bond donors (Lipinski definition) is 2. The highest BCUT2D eigenvalue weighted by Crippen LogP contribution is 2.19. The molecule has 172 valence electrons. The fourth-order valence-corrected chi connectivity index (χ4v) is 3.78. The maximum atomic E-state index is 4.84. The molecule has 0 aromatic carbocycles. The number of pyridine rings is 1. The molecule has 0 spiro atoms. The van der Waals surface area contributed by atoms with Crippen LogP contribution in [-0.2, 0) is 6.54 Å². The van der Waals surface area contributed by atoms with Crippen molar-refractivity contribution in [2.45, 2.75) is 53.2 Å². The first-order valence-corrected chi connectivity index (χ1v) is 11.1. The van der Waals surface area contributed by atoms with Crippen molar-refractivity contribution < 1.29 is 0 Å². The second-order valence-corrected chi connectivity index (χ2v) is 8.32. The summed E-state index contributed by atoms with van der Waals surface area (Å²) in [5.74, 6) is 1.94. The molecule has 1 saturated heterocycles. The number of nitrogens with zero attached hydrogens (tertiary/aromatic N) is 5. The van der Waals surface area contributed by atoms with Gasteiger partial charge in [0.1, 0.15) is 5.82 Å². The van der Waals surface area contributed by atoms with Gasteiger partial charge in [0.25, 0.3) is 0 Å². The van der Waals surface area contributed by atoms with E-state index in [1.165, 1.54) is 5.56 Å². The maximum absolute atomic E-state index is 4.84. The molecule has 0 unspecified atom stereocenters. The molecule has 1 aromatic rings. The van der Waals surface area contributed by atoms with Crippen LogP contribution in [0.3, 0.4) is 0 Å². The predicted molar refractivity (Wildman–Crippen MR) is 139 cm³/mol. The quantitative estimate of drug-likeness (QED) is 0.291. The van der Waals surface area contributed by atoms with E-state index in [0.717, 1.165) is 57.6 Å². The zero-order chi connectivity index (χ0) is 21.2. The van der Waals surface area contributed by atoms with Gasteiger partial charge < -0.3 is 20.4 Å². The number of hydrogen-bond acceptors (Lipinski definition) is 5. The van der Waals surface area contributed by atoms with Crippen LogP contribution in [0.25, 0.3) is 0 Å². The van der Waals surface area contributed by atoms with Gasteiger partial charge in [-0.1, -0.05) is 6.07 Å². The van der Waals surface area contributed by atoms with Gasteiger partial charge in [-0.15, -0.1) is 24.0 Å². The molecule has 0 radical (unpaired) electrons. The Hall–Kier alpha value is -1.13. The SMILES string of the molecule is CCNC(=NCc1cccnc1N1CCN(C)CC1)NCCN(C(C)C)C(C)C.I. The van der Waals surface area contributed by atoms with E-state index in [0.29, 0.717) is 18.6 Å². The highest BCUT2D eigenvalue weighted by atomic mass is 127. The first-order valence-electron chi connectivity index (χ1n) is 11.1. The predicted octanol–water partition coefficient (Wildman–Crippen LogP) is 2.63. The minimum absolute atomic E-state index is 0. The smallest absolute Gasteiger partial charge is 0.191 e. The van der Waals surface area contributed by atoms with E-state index in [2.05, 4.69) is 78.1 Å². The molecule has 1 aromatic heterocycles. The zero-order valence-electron chi connectivity index (χ0n) is 19.7. The van der Waals surface area contributed by atoms with Gasteiger partial charge in [-0.25, -0.2) is 9.98 Å². The topological polar surface area (TPSA) is 59.0 Å². The van der Waals surface area contributed by atoms with Crippen LogP contribution >= 0.6 is 24.0 Å². The molecule has 1 aliphatic heterocycles. The molecule has 0 saturated carbocycles. The summed E-state index contributed by atoms with van der Waals surface area (Å²) in [4.78, 5) is 16.7. The third-order valence-electron chi connectivity index (χ3n) is 5.41. The second kappa shape index (κ2) is 14.0. The van der Waals surface area contributed by atoms with Gasteiger partial charge in [0.05, 0.1) is 6.54 Å². The van der Waals surface area contributed by atoms with Crippen LogP contribution in [0.5, 0.6) is 0 Å². The van der Waals surface area contributed by atoms with E-state index in [1.54, 1.807) is 0 Å². The van der Waals surface area contributed by atoms with Crippen molar-refractivity contribution in [1.82, 2.24) is 25.4 Å². The van der Waals surface area contributed by atoms with E-state index < -0.39 is 0 Å². The fourth-order valence-electron chi connectivity index (χ4n) is 3.78.